The van der Waals surface area contributed by atoms with Crippen LogP contribution in [0.4, 0.5) is 0 Å². The maximum absolute atomic E-state index is 3.83. The van der Waals surface area contributed by atoms with Crippen LogP contribution in [-0.2, 0) is 0 Å². The highest BCUT2D eigenvalue weighted by atomic mass is 14.9. The van der Waals surface area contributed by atoms with Gasteiger partial charge in [0.15, 0.2) is 0 Å². The van der Waals surface area contributed by atoms with E-state index in [1.54, 1.807) is 0 Å². The molecule has 0 aromatic heterocycles. The lowest BCUT2D eigenvalue weighted by Gasteiger charge is -2.28. The van der Waals surface area contributed by atoms with Gasteiger partial charge in [0.2, 0.25) is 0 Å². The molecular formula is C15H27N. The van der Waals surface area contributed by atoms with Gasteiger partial charge in [0.05, 0.1) is 0 Å². The lowest BCUT2D eigenvalue weighted by atomic mass is 9.91. The first kappa shape index (κ1) is 12.2. The zero-order valence-electron chi connectivity index (χ0n) is 10.8. The largest absolute Gasteiger partial charge is 0.308 e. The third-order valence-electron chi connectivity index (χ3n) is 4.34. The van der Waals surface area contributed by atoms with Crippen molar-refractivity contribution in [3.63, 3.8) is 0 Å². The van der Waals surface area contributed by atoms with Gasteiger partial charge in [-0.3, -0.25) is 0 Å². The Morgan fingerprint density at radius 2 is 1.75 bits per heavy atom. The molecule has 0 aromatic carbocycles. The molecule has 1 fully saturated rings. The SMILES string of the molecule is C[C@H](NC1C=CCCC1)C1CCCCCC1. The Bertz CT molecular complexity index is 213. The molecule has 92 valence electrons. The third kappa shape index (κ3) is 3.62. The summed E-state index contributed by atoms with van der Waals surface area (Å²) in [6, 6.07) is 1.37. The van der Waals surface area contributed by atoms with E-state index < -0.39 is 0 Å². The highest BCUT2D eigenvalue weighted by Crippen LogP contribution is 2.26. The summed E-state index contributed by atoms with van der Waals surface area (Å²) in [6.45, 7) is 2.40. The maximum atomic E-state index is 3.83. The van der Waals surface area contributed by atoms with E-state index in [0.29, 0.717) is 12.1 Å². The van der Waals surface area contributed by atoms with Crippen molar-refractivity contribution in [3.05, 3.63) is 12.2 Å². The predicted molar refractivity (Wildman–Crippen MR) is 70.6 cm³/mol. The summed E-state index contributed by atoms with van der Waals surface area (Å²) >= 11 is 0. The van der Waals surface area contributed by atoms with E-state index in [9.17, 15) is 0 Å². The second-order valence-electron chi connectivity index (χ2n) is 5.67. The van der Waals surface area contributed by atoms with Gasteiger partial charge in [0.25, 0.3) is 0 Å². The summed E-state index contributed by atoms with van der Waals surface area (Å²) < 4.78 is 0. The zero-order chi connectivity index (χ0) is 11.2. The minimum atomic E-state index is 0.659. The quantitative estimate of drug-likeness (QED) is 0.560. The summed E-state index contributed by atoms with van der Waals surface area (Å²) in [5.41, 5.74) is 0. The molecule has 1 unspecified atom stereocenters. The van der Waals surface area contributed by atoms with Crippen LogP contribution in [0.5, 0.6) is 0 Å². The number of hydrogen-bond acceptors (Lipinski definition) is 1. The van der Waals surface area contributed by atoms with Gasteiger partial charge >= 0.3 is 0 Å². The molecule has 1 N–H and O–H groups in total. The molecule has 2 aliphatic carbocycles. The Labute approximate surface area is 101 Å². The molecule has 0 heterocycles. The topological polar surface area (TPSA) is 12.0 Å². The van der Waals surface area contributed by atoms with Crippen molar-refractivity contribution >= 4 is 0 Å². The molecule has 1 heteroatoms. The molecule has 0 aromatic rings. The molecule has 2 rings (SSSR count). The first-order valence-corrected chi connectivity index (χ1v) is 7.29. The molecule has 0 bridgehead atoms. The van der Waals surface area contributed by atoms with Crippen molar-refractivity contribution in [2.75, 3.05) is 0 Å². The summed E-state index contributed by atoms with van der Waals surface area (Å²) in [6.07, 6.45) is 17.5. The van der Waals surface area contributed by atoms with Crippen LogP contribution in [0, 0.1) is 5.92 Å². The van der Waals surface area contributed by atoms with Gasteiger partial charge in [0.1, 0.15) is 0 Å². The van der Waals surface area contributed by atoms with E-state index in [4.69, 9.17) is 0 Å². The van der Waals surface area contributed by atoms with Crippen LogP contribution in [0.2, 0.25) is 0 Å². The predicted octanol–water partition coefficient (Wildman–Crippen LogP) is 4.04. The van der Waals surface area contributed by atoms with Crippen molar-refractivity contribution in [3.8, 4) is 0 Å². The minimum absolute atomic E-state index is 0.659. The molecule has 0 spiro atoms. The Balaban J connectivity index is 1.78. The van der Waals surface area contributed by atoms with Gasteiger partial charge in [0, 0.05) is 12.1 Å². The molecule has 0 amide bonds. The molecule has 0 radical (unpaired) electrons. The number of hydrogen-bond donors (Lipinski definition) is 1. The number of nitrogens with one attached hydrogen (secondary N) is 1. The Morgan fingerprint density at radius 1 is 1.00 bits per heavy atom. The Morgan fingerprint density at radius 3 is 2.38 bits per heavy atom. The smallest absolute Gasteiger partial charge is 0.0252 e. The molecule has 0 aliphatic heterocycles. The van der Waals surface area contributed by atoms with Crippen molar-refractivity contribution < 1.29 is 0 Å². The highest BCUT2D eigenvalue weighted by molar-refractivity contribution is 4.98. The van der Waals surface area contributed by atoms with Crippen LogP contribution in [-0.4, -0.2) is 12.1 Å². The molecule has 2 atom stereocenters. The Kier molecular flexibility index (Phi) is 4.90. The Hall–Kier alpha value is -0.300. The summed E-state index contributed by atoms with van der Waals surface area (Å²) in [7, 11) is 0. The van der Waals surface area contributed by atoms with Crippen molar-refractivity contribution in [1.82, 2.24) is 5.32 Å². The lowest BCUT2D eigenvalue weighted by Crippen LogP contribution is -2.40. The van der Waals surface area contributed by atoms with E-state index in [2.05, 4.69) is 24.4 Å². The van der Waals surface area contributed by atoms with E-state index in [1.165, 1.54) is 57.8 Å². The zero-order valence-corrected chi connectivity index (χ0v) is 10.8. The molecule has 1 nitrogen and oxygen atoms in total. The monoisotopic (exact) mass is 221 g/mol. The summed E-state index contributed by atoms with van der Waals surface area (Å²) in [5.74, 6) is 0.929. The van der Waals surface area contributed by atoms with Crippen molar-refractivity contribution in [2.45, 2.75) is 76.8 Å². The molecule has 1 saturated carbocycles. The molecule has 16 heavy (non-hydrogen) atoms. The normalized spacial score (nSPS) is 29.9. The van der Waals surface area contributed by atoms with E-state index in [0.717, 1.165) is 5.92 Å². The van der Waals surface area contributed by atoms with Gasteiger partial charge in [-0.1, -0.05) is 37.8 Å². The van der Waals surface area contributed by atoms with Crippen LogP contribution in [0.3, 0.4) is 0 Å². The van der Waals surface area contributed by atoms with Crippen LogP contribution >= 0.6 is 0 Å². The number of allylic oxidation sites excluding steroid dienone is 1. The van der Waals surface area contributed by atoms with Crippen molar-refractivity contribution in [2.24, 2.45) is 5.92 Å². The first-order chi connectivity index (χ1) is 7.86. The highest BCUT2D eigenvalue weighted by Gasteiger charge is 2.21. The average Bonchev–Trinajstić information content (AvgIpc) is 2.59. The van der Waals surface area contributed by atoms with Crippen molar-refractivity contribution in [1.29, 1.82) is 0 Å². The maximum Gasteiger partial charge on any atom is 0.0252 e. The first-order valence-electron chi connectivity index (χ1n) is 7.29. The van der Waals surface area contributed by atoms with Gasteiger partial charge in [-0.25, -0.2) is 0 Å². The van der Waals surface area contributed by atoms with Gasteiger partial charge in [-0.05, 0) is 44.9 Å². The molecule has 2 aliphatic rings. The van der Waals surface area contributed by atoms with Crippen LogP contribution in [0.25, 0.3) is 0 Å². The fourth-order valence-electron chi connectivity index (χ4n) is 3.24. The third-order valence-corrected chi connectivity index (χ3v) is 4.34. The van der Waals surface area contributed by atoms with Crippen LogP contribution < -0.4 is 5.32 Å². The summed E-state index contributed by atoms with van der Waals surface area (Å²) in [4.78, 5) is 0. The van der Waals surface area contributed by atoms with E-state index in [-0.39, 0.29) is 0 Å². The van der Waals surface area contributed by atoms with Gasteiger partial charge in [-0.15, -0.1) is 0 Å². The standard InChI is InChI=1S/C15H27N/c1-13(14-9-5-2-3-6-10-14)16-15-11-7-4-8-12-15/h7,11,13-16H,2-6,8-10,12H2,1H3/t13-,15?/m0/s1. The molecule has 0 saturated heterocycles. The number of rotatable bonds is 3. The van der Waals surface area contributed by atoms with Crippen LogP contribution in [0.15, 0.2) is 12.2 Å². The van der Waals surface area contributed by atoms with E-state index >= 15 is 0 Å². The van der Waals surface area contributed by atoms with Crippen LogP contribution in [0.1, 0.15) is 64.7 Å². The second kappa shape index (κ2) is 6.44. The lowest BCUT2D eigenvalue weighted by molar-refractivity contribution is 0.315. The van der Waals surface area contributed by atoms with Gasteiger partial charge in [-0.2, -0.15) is 0 Å². The second-order valence-corrected chi connectivity index (χ2v) is 5.67. The fraction of sp³-hybridized carbons (Fsp3) is 0.867. The summed E-state index contributed by atoms with van der Waals surface area (Å²) in [5, 5.41) is 3.83. The fourth-order valence-corrected chi connectivity index (χ4v) is 3.24. The molecular weight excluding hydrogens is 194 g/mol. The average molecular weight is 221 g/mol. The van der Waals surface area contributed by atoms with E-state index in [1.807, 2.05) is 0 Å². The van der Waals surface area contributed by atoms with Gasteiger partial charge < -0.3 is 5.32 Å². The minimum Gasteiger partial charge on any atom is -0.308 e.